The largest absolute Gasteiger partial charge is 0.341 e. The predicted molar refractivity (Wildman–Crippen MR) is 107 cm³/mol. The lowest BCUT2D eigenvalue weighted by atomic mass is 9.95. The number of hydrogen-bond acceptors (Lipinski definition) is 3. The van der Waals surface area contributed by atoms with Gasteiger partial charge in [0.2, 0.25) is 5.91 Å². The number of carbonyl (C=O) groups is 2. The summed E-state index contributed by atoms with van der Waals surface area (Å²) < 4.78 is 2.19. The molecule has 0 radical (unpaired) electrons. The summed E-state index contributed by atoms with van der Waals surface area (Å²) in [5, 5.41) is 0. The smallest absolute Gasteiger partial charge is 0.255 e. The van der Waals surface area contributed by atoms with Crippen LogP contribution < -0.4 is 0 Å². The molecular weight excluding hydrogens is 352 g/mol. The van der Waals surface area contributed by atoms with Gasteiger partial charge in [-0.1, -0.05) is 25.1 Å². The summed E-state index contributed by atoms with van der Waals surface area (Å²) in [4.78, 5) is 34.3. The SMILES string of the molecule is CC[C@@H](C(=O)N1CCC(c2nccn2CC)CC1)N1Cc2ccccc2C1=O. The molecule has 0 aliphatic carbocycles. The van der Waals surface area contributed by atoms with Crippen molar-refractivity contribution < 1.29 is 9.59 Å². The summed E-state index contributed by atoms with van der Waals surface area (Å²) in [5.74, 6) is 1.60. The number of fused-ring (bicyclic) bond motifs is 1. The minimum absolute atomic E-state index is 0.0179. The van der Waals surface area contributed by atoms with Gasteiger partial charge < -0.3 is 14.4 Å². The van der Waals surface area contributed by atoms with Gasteiger partial charge in [-0.3, -0.25) is 9.59 Å². The molecule has 0 spiro atoms. The van der Waals surface area contributed by atoms with Crippen LogP contribution in [0, 0.1) is 0 Å². The Morgan fingerprint density at radius 3 is 2.64 bits per heavy atom. The molecule has 1 atom stereocenters. The van der Waals surface area contributed by atoms with E-state index in [2.05, 4.69) is 16.5 Å². The number of aryl methyl sites for hydroxylation is 1. The molecule has 1 aromatic heterocycles. The molecule has 1 fully saturated rings. The summed E-state index contributed by atoms with van der Waals surface area (Å²) in [7, 11) is 0. The van der Waals surface area contributed by atoms with E-state index < -0.39 is 0 Å². The van der Waals surface area contributed by atoms with Gasteiger partial charge >= 0.3 is 0 Å². The Labute approximate surface area is 166 Å². The molecule has 3 heterocycles. The number of hydrogen-bond donors (Lipinski definition) is 0. The van der Waals surface area contributed by atoms with E-state index >= 15 is 0 Å². The molecule has 6 heteroatoms. The zero-order valence-corrected chi connectivity index (χ0v) is 16.7. The van der Waals surface area contributed by atoms with Gasteiger partial charge in [-0.15, -0.1) is 0 Å². The van der Waals surface area contributed by atoms with Gasteiger partial charge in [0.25, 0.3) is 5.91 Å². The minimum atomic E-state index is -0.380. The molecule has 2 aromatic rings. The first kappa shape index (κ1) is 18.7. The van der Waals surface area contributed by atoms with Crippen LogP contribution in [0.15, 0.2) is 36.7 Å². The summed E-state index contributed by atoms with van der Waals surface area (Å²) in [5.41, 5.74) is 1.75. The number of piperidine rings is 1. The molecule has 1 aromatic carbocycles. The highest BCUT2D eigenvalue weighted by atomic mass is 16.2. The van der Waals surface area contributed by atoms with Gasteiger partial charge in [0.1, 0.15) is 11.9 Å². The number of carbonyl (C=O) groups excluding carboxylic acids is 2. The number of nitrogens with zero attached hydrogens (tertiary/aromatic N) is 4. The Balaban J connectivity index is 1.42. The van der Waals surface area contributed by atoms with Crippen molar-refractivity contribution in [3.8, 4) is 0 Å². The molecule has 0 saturated carbocycles. The molecule has 0 unspecified atom stereocenters. The normalized spacial score (nSPS) is 18.4. The number of aromatic nitrogens is 2. The van der Waals surface area contributed by atoms with Crippen LogP contribution in [0.1, 0.15) is 60.8 Å². The van der Waals surface area contributed by atoms with E-state index in [-0.39, 0.29) is 17.9 Å². The monoisotopic (exact) mass is 380 g/mol. The highest BCUT2D eigenvalue weighted by molar-refractivity contribution is 6.01. The third-order valence-electron chi connectivity index (χ3n) is 6.16. The lowest BCUT2D eigenvalue weighted by molar-refractivity contribution is -0.137. The second-order valence-electron chi connectivity index (χ2n) is 7.69. The molecule has 148 valence electrons. The van der Waals surface area contributed by atoms with Gasteiger partial charge in [0.15, 0.2) is 0 Å². The molecule has 2 aliphatic heterocycles. The molecule has 1 saturated heterocycles. The van der Waals surface area contributed by atoms with Crippen molar-refractivity contribution in [3.63, 3.8) is 0 Å². The number of rotatable bonds is 5. The quantitative estimate of drug-likeness (QED) is 0.801. The lowest BCUT2D eigenvalue weighted by Crippen LogP contribution is -2.50. The molecule has 28 heavy (non-hydrogen) atoms. The summed E-state index contributed by atoms with van der Waals surface area (Å²) in [6.45, 7) is 7.02. The van der Waals surface area contributed by atoms with Crippen LogP contribution in [0.4, 0.5) is 0 Å². The Morgan fingerprint density at radius 2 is 1.96 bits per heavy atom. The molecule has 6 nitrogen and oxygen atoms in total. The van der Waals surface area contributed by atoms with E-state index in [0.717, 1.165) is 49.4 Å². The van der Waals surface area contributed by atoms with Crippen LogP contribution in [0.2, 0.25) is 0 Å². The summed E-state index contributed by atoms with van der Waals surface area (Å²) in [6.07, 6.45) is 6.37. The molecule has 2 aliphatic rings. The maximum atomic E-state index is 13.2. The summed E-state index contributed by atoms with van der Waals surface area (Å²) in [6, 6.07) is 7.29. The predicted octanol–water partition coefficient (Wildman–Crippen LogP) is 3.04. The van der Waals surface area contributed by atoms with Crippen molar-refractivity contribution >= 4 is 11.8 Å². The van der Waals surface area contributed by atoms with Crippen molar-refractivity contribution in [3.05, 3.63) is 53.6 Å². The van der Waals surface area contributed by atoms with E-state index in [0.29, 0.717) is 18.9 Å². The standard InChI is InChI=1S/C22H28N4O2/c1-3-19(26-15-17-7-5-6-8-18(17)21(26)27)22(28)25-12-9-16(10-13-25)20-23-11-14-24(20)4-2/h5-8,11,14,16,19H,3-4,9-10,12-13,15H2,1-2H3/t19-/m0/s1. The van der Waals surface area contributed by atoms with Crippen LogP contribution in [-0.4, -0.2) is 50.3 Å². The van der Waals surface area contributed by atoms with Crippen molar-refractivity contribution in [2.45, 2.75) is 58.2 Å². The van der Waals surface area contributed by atoms with Crippen molar-refractivity contribution in [1.82, 2.24) is 19.4 Å². The molecular formula is C22H28N4O2. The van der Waals surface area contributed by atoms with Gasteiger partial charge in [-0.2, -0.15) is 0 Å². The third-order valence-corrected chi connectivity index (χ3v) is 6.16. The van der Waals surface area contributed by atoms with Crippen molar-refractivity contribution in [1.29, 1.82) is 0 Å². The Morgan fingerprint density at radius 1 is 1.21 bits per heavy atom. The van der Waals surface area contributed by atoms with Gasteiger partial charge in [-0.25, -0.2) is 4.98 Å². The van der Waals surface area contributed by atoms with Crippen LogP contribution in [0.5, 0.6) is 0 Å². The fourth-order valence-corrected chi connectivity index (χ4v) is 4.57. The van der Waals surface area contributed by atoms with Crippen LogP contribution in [0.25, 0.3) is 0 Å². The summed E-state index contributed by atoms with van der Waals surface area (Å²) >= 11 is 0. The van der Waals surface area contributed by atoms with Crippen molar-refractivity contribution in [2.24, 2.45) is 0 Å². The highest BCUT2D eigenvalue weighted by Gasteiger charge is 2.38. The van der Waals surface area contributed by atoms with Gasteiger partial charge in [0, 0.05) is 50.1 Å². The number of benzene rings is 1. The zero-order valence-electron chi connectivity index (χ0n) is 16.7. The second kappa shape index (κ2) is 7.78. The van der Waals surface area contributed by atoms with Gasteiger partial charge in [0.05, 0.1) is 0 Å². The number of imidazole rings is 1. The van der Waals surface area contributed by atoms with E-state index in [9.17, 15) is 9.59 Å². The van der Waals surface area contributed by atoms with Gasteiger partial charge in [-0.05, 0) is 37.8 Å². The minimum Gasteiger partial charge on any atom is -0.341 e. The van der Waals surface area contributed by atoms with Crippen molar-refractivity contribution in [2.75, 3.05) is 13.1 Å². The van der Waals surface area contributed by atoms with Crippen LogP contribution >= 0.6 is 0 Å². The molecule has 0 N–H and O–H groups in total. The Kier molecular flexibility index (Phi) is 5.20. The Hall–Kier alpha value is -2.63. The number of amides is 2. The zero-order chi connectivity index (χ0) is 19.7. The van der Waals surface area contributed by atoms with E-state index in [1.54, 1.807) is 4.90 Å². The van der Waals surface area contributed by atoms with E-state index in [1.807, 2.05) is 48.5 Å². The second-order valence-corrected chi connectivity index (χ2v) is 7.69. The van der Waals surface area contributed by atoms with E-state index in [4.69, 9.17) is 0 Å². The number of likely N-dealkylation sites (tertiary alicyclic amines) is 1. The Bertz CT molecular complexity index is 867. The first-order chi connectivity index (χ1) is 13.6. The molecule has 0 bridgehead atoms. The van der Waals surface area contributed by atoms with E-state index in [1.165, 1.54) is 0 Å². The maximum absolute atomic E-state index is 13.2. The maximum Gasteiger partial charge on any atom is 0.255 e. The third kappa shape index (κ3) is 3.21. The van der Waals surface area contributed by atoms with Crippen LogP contribution in [-0.2, 0) is 17.9 Å². The van der Waals surface area contributed by atoms with Crippen LogP contribution in [0.3, 0.4) is 0 Å². The highest BCUT2D eigenvalue weighted by Crippen LogP contribution is 2.30. The average Bonchev–Trinajstić information content (AvgIpc) is 3.34. The topological polar surface area (TPSA) is 58.4 Å². The molecule has 2 amide bonds. The lowest BCUT2D eigenvalue weighted by Gasteiger charge is -2.36. The fraction of sp³-hybridized carbons (Fsp3) is 0.500. The fourth-order valence-electron chi connectivity index (χ4n) is 4.57. The average molecular weight is 380 g/mol. The first-order valence-electron chi connectivity index (χ1n) is 10.3. The molecule has 4 rings (SSSR count). The first-order valence-corrected chi connectivity index (χ1v) is 10.3.